The molecule has 3 heteroatoms. The van der Waals surface area contributed by atoms with Gasteiger partial charge in [-0.25, -0.2) is 0 Å². The van der Waals surface area contributed by atoms with Crippen LogP contribution in [0.3, 0.4) is 0 Å². The molecule has 0 radical (unpaired) electrons. The summed E-state index contributed by atoms with van der Waals surface area (Å²) in [4.78, 5) is 0. The van der Waals surface area contributed by atoms with Crippen LogP contribution in [0, 0.1) is 0 Å². The van der Waals surface area contributed by atoms with Crippen LogP contribution < -0.4 is 4.74 Å². The van der Waals surface area contributed by atoms with Gasteiger partial charge in [0.25, 0.3) is 0 Å². The van der Waals surface area contributed by atoms with Crippen LogP contribution in [0.5, 0.6) is 5.75 Å². The predicted octanol–water partition coefficient (Wildman–Crippen LogP) is 3.37. The first kappa shape index (κ1) is 12.5. The average molecular weight is 258 g/mol. The maximum absolute atomic E-state index is 5.79. The van der Waals surface area contributed by atoms with Gasteiger partial charge in [-0.2, -0.15) is 0 Å². The van der Waals surface area contributed by atoms with E-state index in [0.29, 0.717) is 13.2 Å². The van der Waals surface area contributed by atoms with Gasteiger partial charge in [0.1, 0.15) is 18.5 Å². The summed E-state index contributed by atoms with van der Waals surface area (Å²) >= 11 is 0. The van der Waals surface area contributed by atoms with Crippen molar-refractivity contribution in [2.24, 2.45) is 0 Å². The molecule has 1 heterocycles. The lowest BCUT2D eigenvalue weighted by atomic mass is 10.1. The van der Waals surface area contributed by atoms with E-state index in [4.69, 9.17) is 14.2 Å². The largest absolute Gasteiger partial charge is 0.491 e. The second-order valence-electron chi connectivity index (χ2n) is 5.27. The lowest BCUT2D eigenvalue weighted by Gasteiger charge is -2.17. The van der Waals surface area contributed by atoms with Crippen LogP contribution >= 0.6 is 0 Å². The number of ether oxygens (including phenoxy) is 3. The van der Waals surface area contributed by atoms with E-state index in [1.54, 1.807) is 0 Å². The van der Waals surface area contributed by atoms with Gasteiger partial charge in [-0.05, 0) is 36.8 Å². The van der Waals surface area contributed by atoms with Crippen molar-refractivity contribution in [2.75, 3.05) is 13.2 Å². The van der Waals surface area contributed by atoms with Crippen molar-refractivity contribution in [1.82, 2.24) is 0 Å². The Morgan fingerprint density at radius 2 is 1.95 bits per heavy atom. The fourth-order valence-corrected chi connectivity index (χ4v) is 2.29. The van der Waals surface area contributed by atoms with Crippen LogP contribution in [0.2, 0.25) is 0 Å². The van der Waals surface area contributed by atoms with Crippen molar-refractivity contribution < 1.29 is 14.2 Å². The Morgan fingerprint density at radius 1 is 1.16 bits per heavy atom. The molecule has 0 bridgehead atoms. The molecule has 2 aromatic carbocycles. The van der Waals surface area contributed by atoms with Gasteiger partial charge in [0.05, 0.1) is 6.61 Å². The van der Waals surface area contributed by atoms with E-state index in [1.807, 2.05) is 32.0 Å². The fraction of sp³-hybridized carbons (Fsp3) is 0.375. The molecule has 0 saturated carbocycles. The summed E-state index contributed by atoms with van der Waals surface area (Å²) in [6.45, 7) is 4.94. The Bertz CT molecular complexity index is 577. The molecule has 3 rings (SSSR count). The standard InChI is InChI=1S/C16H18O3/c1-16(2)18-11-15(19-16)10-17-14-8-7-12-5-3-4-6-13(12)9-14/h3-9,15H,10-11H2,1-2H3/t15-/m0/s1. The zero-order chi connectivity index (χ0) is 13.3. The van der Waals surface area contributed by atoms with E-state index >= 15 is 0 Å². The first-order valence-electron chi connectivity index (χ1n) is 6.56. The van der Waals surface area contributed by atoms with Gasteiger partial charge in [-0.1, -0.05) is 30.3 Å². The zero-order valence-electron chi connectivity index (χ0n) is 11.3. The van der Waals surface area contributed by atoms with Crippen LogP contribution in [-0.4, -0.2) is 25.1 Å². The molecular formula is C16H18O3. The van der Waals surface area contributed by atoms with E-state index in [9.17, 15) is 0 Å². The number of hydrogen-bond donors (Lipinski definition) is 0. The summed E-state index contributed by atoms with van der Waals surface area (Å²) in [6, 6.07) is 14.4. The fourth-order valence-electron chi connectivity index (χ4n) is 2.29. The molecule has 0 spiro atoms. The van der Waals surface area contributed by atoms with Crippen molar-refractivity contribution in [2.45, 2.75) is 25.7 Å². The van der Waals surface area contributed by atoms with E-state index in [2.05, 4.69) is 24.3 Å². The van der Waals surface area contributed by atoms with Gasteiger partial charge in [-0.3, -0.25) is 0 Å². The summed E-state index contributed by atoms with van der Waals surface area (Å²) in [7, 11) is 0. The smallest absolute Gasteiger partial charge is 0.163 e. The minimum Gasteiger partial charge on any atom is -0.491 e. The SMILES string of the molecule is CC1(C)OC[C@H](COc2ccc3ccccc3c2)O1. The summed E-state index contributed by atoms with van der Waals surface area (Å²) in [5.41, 5.74) is 0. The highest BCUT2D eigenvalue weighted by Crippen LogP contribution is 2.24. The summed E-state index contributed by atoms with van der Waals surface area (Å²) in [5, 5.41) is 2.40. The molecule has 0 aromatic heterocycles. The topological polar surface area (TPSA) is 27.7 Å². The molecule has 1 atom stereocenters. The maximum atomic E-state index is 5.79. The van der Waals surface area contributed by atoms with Gasteiger partial charge in [0.15, 0.2) is 5.79 Å². The molecule has 1 fully saturated rings. The third kappa shape index (κ3) is 2.88. The van der Waals surface area contributed by atoms with Crippen LogP contribution in [0.15, 0.2) is 42.5 Å². The quantitative estimate of drug-likeness (QED) is 0.844. The highest BCUT2D eigenvalue weighted by molar-refractivity contribution is 5.83. The lowest BCUT2D eigenvalue weighted by molar-refractivity contribution is -0.141. The van der Waals surface area contributed by atoms with E-state index in [0.717, 1.165) is 5.75 Å². The van der Waals surface area contributed by atoms with Gasteiger partial charge in [0, 0.05) is 0 Å². The Kier molecular flexibility index (Phi) is 3.17. The number of hydrogen-bond acceptors (Lipinski definition) is 3. The van der Waals surface area contributed by atoms with Crippen molar-refractivity contribution >= 4 is 10.8 Å². The maximum Gasteiger partial charge on any atom is 0.163 e. The van der Waals surface area contributed by atoms with E-state index in [-0.39, 0.29) is 6.10 Å². The minimum absolute atomic E-state index is 0.00136. The Morgan fingerprint density at radius 3 is 2.68 bits per heavy atom. The molecule has 19 heavy (non-hydrogen) atoms. The van der Waals surface area contributed by atoms with Gasteiger partial charge >= 0.3 is 0 Å². The third-order valence-corrected chi connectivity index (χ3v) is 3.22. The molecule has 0 aliphatic carbocycles. The molecule has 1 aliphatic heterocycles. The second-order valence-corrected chi connectivity index (χ2v) is 5.27. The average Bonchev–Trinajstić information content (AvgIpc) is 2.76. The first-order chi connectivity index (χ1) is 9.12. The van der Waals surface area contributed by atoms with Gasteiger partial charge < -0.3 is 14.2 Å². The summed E-state index contributed by atoms with van der Waals surface area (Å²) in [5.74, 6) is 0.379. The Labute approximate surface area is 113 Å². The van der Waals surface area contributed by atoms with E-state index in [1.165, 1.54) is 10.8 Å². The van der Waals surface area contributed by atoms with Crippen molar-refractivity contribution in [3.8, 4) is 5.75 Å². The number of benzene rings is 2. The highest BCUT2D eigenvalue weighted by Gasteiger charge is 2.32. The van der Waals surface area contributed by atoms with Crippen LogP contribution in [0.4, 0.5) is 0 Å². The van der Waals surface area contributed by atoms with Crippen molar-refractivity contribution in [3.05, 3.63) is 42.5 Å². The molecule has 1 saturated heterocycles. The lowest BCUT2D eigenvalue weighted by Crippen LogP contribution is -2.25. The second kappa shape index (κ2) is 4.83. The number of rotatable bonds is 3. The highest BCUT2D eigenvalue weighted by atomic mass is 16.7. The van der Waals surface area contributed by atoms with Crippen LogP contribution in [0.25, 0.3) is 10.8 Å². The Hall–Kier alpha value is -1.58. The van der Waals surface area contributed by atoms with Gasteiger partial charge in [0.2, 0.25) is 0 Å². The summed E-state index contributed by atoms with van der Waals surface area (Å²) in [6.07, 6.45) is 0.00136. The summed E-state index contributed by atoms with van der Waals surface area (Å²) < 4.78 is 17.0. The third-order valence-electron chi connectivity index (χ3n) is 3.22. The molecular weight excluding hydrogens is 240 g/mol. The van der Waals surface area contributed by atoms with Gasteiger partial charge in [-0.15, -0.1) is 0 Å². The van der Waals surface area contributed by atoms with Crippen LogP contribution in [0.1, 0.15) is 13.8 Å². The normalized spacial score (nSPS) is 21.7. The molecule has 3 nitrogen and oxygen atoms in total. The number of fused-ring (bicyclic) bond motifs is 1. The predicted molar refractivity (Wildman–Crippen MR) is 74.3 cm³/mol. The minimum atomic E-state index is -0.489. The van der Waals surface area contributed by atoms with E-state index < -0.39 is 5.79 Å². The van der Waals surface area contributed by atoms with Crippen molar-refractivity contribution in [3.63, 3.8) is 0 Å². The van der Waals surface area contributed by atoms with Crippen LogP contribution in [-0.2, 0) is 9.47 Å². The van der Waals surface area contributed by atoms with Crippen molar-refractivity contribution in [1.29, 1.82) is 0 Å². The molecule has 100 valence electrons. The molecule has 0 N–H and O–H groups in total. The Balaban J connectivity index is 1.66. The molecule has 1 aliphatic rings. The molecule has 0 unspecified atom stereocenters. The molecule has 2 aromatic rings. The monoisotopic (exact) mass is 258 g/mol. The zero-order valence-corrected chi connectivity index (χ0v) is 11.3. The first-order valence-corrected chi connectivity index (χ1v) is 6.56. The molecule has 0 amide bonds.